The molecule has 0 aliphatic heterocycles. The van der Waals surface area contributed by atoms with E-state index in [1.165, 1.54) is 10.5 Å². The summed E-state index contributed by atoms with van der Waals surface area (Å²) in [6.07, 6.45) is 0.363. The Labute approximate surface area is 128 Å². The second-order valence-corrected chi connectivity index (χ2v) is 6.22. The number of aryl methyl sites for hydroxylation is 1. The van der Waals surface area contributed by atoms with E-state index in [1.54, 1.807) is 14.0 Å². The summed E-state index contributed by atoms with van der Waals surface area (Å²) in [6.45, 7) is 8.37. The van der Waals surface area contributed by atoms with Gasteiger partial charge in [-0.25, -0.2) is 4.79 Å². The fraction of sp³-hybridized carbons (Fsp3) is 0.588. The lowest BCUT2D eigenvalue weighted by Gasteiger charge is -2.26. The SMILES string of the molecule is Cc1ccccc1C(CC(C)C)NC(=O)N(C)CC(C)O. The number of hydrogen-bond donors (Lipinski definition) is 2. The van der Waals surface area contributed by atoms with Crippen LogP contribution in [0.25, 0.3) is 0 Å². The number of urea groups is 1. The van der Waals surface area contributed by atoms with Crippen LogP contribution in [-0.2, 0) is 0 Å². The number of aliphatic hydroxyl groups excluding tert-OH is 1. The van der Waals surface area contributed by atoms with Gasteiger partial charge in [-0.1, -0.05) is 38.1 Å². The molecule has 0 fully saturated rings. The van der Waals surface area contributed by atoms with Gasteiger partial charge >= 0.3 is 6.03 Å². The van der Waals surface area contributed by atoms with Crippen LogP contribution in [0.4, 0.5) is 4.79 Å². The number of nitrogens with zero attached hydrogens (tertiary/aromatic N) is 1. The predicted octanol–water partition coefficient (Wildman–Crippen LogP) is 3.10. The van der Waals surface area contributed by atoms with Gasteiger partial charge in [0.1, 0.15) is 0 Å². The Kier molecular flexibility index (Phi) is 6.69. The first-order valence-electron chi connectivity index (χ1n) is 7.56. The van der Waals surface area contributed by atoms with Crippen LogP contribution in [0.1, 0.15) is 44.4 Å². The van der Waals surface area contributed by atoms with Crippen LogP contribution in [0.5, 0.6) is 0 Å². The van der Waals surface area contributed by atoms with Crippen LogP contribution in [0.2, 0.25) is 0 Å². The molecule has 2 N–H and O–H groups in total. The molecule has 0 saturated heterocycles. The first kappa shape index (κ1) is 17.5. The molecular formula is C17H28N2O2. The molecule has 1 aromatic carbocycles. The molecule has 2 atom stereocenters. The highest BCUT2D eigenvalue weighted by molar-refractivity contribution is 5.74. The Bertz CT molecular complexity index is 458. The summed E-state index contributed by atoms with van der Waals surface area (Å²) in [6, 6.07) is 7.99. The maximum atomic E-state index is 12.3. The number of rotatable bonds is 6. The average Bonchev–Trinajstić information content (AvgIpc) is 2.37. The zero-order valence-corrected chi connectivity index (χ0v) is 13.8. The van der Waals surface area contributed by atoms with Crippen LogP contribution in [0.15, 0.2) is 24.3 Å². The summed E-state index contributed by atoms with van der Waals surface area (Å²) in [5, 5.41) is 12.5. The van der Waals surface area contributed by atoms with Gasteiger partial charge in [0, 0.05) is 13.6 Å². The van der Waals surface area contributed by atoms with Gasteiger partial charge in [0.15, 0.2) is 0 Å². The van der Waals surface area contributed by atoms with Gasteiger partial charge in [0.25, 0.3) is 0 Å². The van der Waals surface area contributed by atoms with Gasteiger partial charge in [-0.15, -0.1) is 0 Å². The van der Waals surface area contributed by atoms with E-state index in [1.807, 2.05) is 12.1 Å². The minimum absolute atomic E-state index is 0.00449. The first-order chi connectivity index (χ1) is 9.81. The highest BCUT2D eigenvalue weighted by Crippen LogP contribution is 2.24. The molecule has 0 heterocycles. The van der Waals surface area contributed by atoms with Crippen LogP contribution >= 0.6 is 0 Å². The van der Waals surface area contributed by atoms with Crippen molar-refractivity contribution in [1.29, 1.82) is 0 Å². The van der Waals surface area contributed by atoms with Crippen molar-refractivity contribution in [3.05, 3.63) is 35.4 Å². The standard InChI is InChI=1S/C17H28N2O2/c1-12(2)10-16(15-9-7-6-8-13(15)3)18-17(21)19(5)11-14(4)20/h6-9,12,14,16,20H,10-11H2,1-5H3,(H,18,21). The first-order valence-corrected chi connectivity index (χ1v) is 7.56. The number of likely N-dealkylation sites (N-methyl/N-ethyl adjacent to an activating group) is 1. The van der Waals surface area contributed by atoms with Gasteiger partial charge in [0.05, 0.1) is 12.1 Å². The van der Waals surface area contributed by atoms with E-state index in [4.69, 9.17) is 0 Å². The predicted molar refractivity (Wildman–Crippen MR) is 86.2 cm³/mol. The molecule has 0 radical (unpaired) electrons. The van der Waals surface area contributed by atoms with Crippen molar-refractivity contribution in [3.8, 4) is 0 Å². The molecule has 118 valence electrons. The van der Waals surface area contributed by atoms with Crippen molar-refractivity contribution in [3.63, 3.8) is 0 Å². The van der Waals surface area contributed by atoms with Gasteiger partial charge in [-0.05, 0) is 37.3 Å². The van der Waals surface area contributed by atoms with Crippen molar-refractivity contribution >= 4 is 6.03 Å². The van der Waals surface area contributed by atoms with Crippen LogP contribution < -0.4 is 5.32 Å². The van der Waals surface area contributed by atoms with E-state index in [-0.39, 0.29) is 12.1 Å². The van der Waals surface area contributed by atoms with Gasteiger partial charge < -0.3 is 15.3 Å². The molecule has 2 unspecified atom stereocenters. The quantitative estimate of drug-likeness (QED) is 0.846. The molecule has 21 heavy (non-hydrogen) atoms. The Morgan fingerprint density at radius 3 is 2.43 bits per heavy atom. The summed E-state index contributed by atoms with van der Waals surface area (Å²) < 4.78 is 0. The smallest absolute Gasteiger partial charge is 0.317 e. The fourth-order valence-corrected chi connectivity index (χ4v) is 2.45. The molecule has 0 aromatic heterocycles. The molecule has 0 bridgehead atoms. The highest BCUT2D eigenvalue weighted by atomic mass is 16.3. The summed E-state index contributed by atoms with van der Waals surface area (Å²) in [5.41, 5.74) is 2.34. The second-order valence-electron chi connectivity index (χ2n) is 6.22. The van der Waals surface area contributed by atoms with Crippen molar-refractivity contribution in [2.45, 2.75) is 46.3 Å². The third-order valence-electron chi connectivity index (χ3n) is 3.45. The topological polar surface area (TPSA) is 52.6 Å². The fourth-order valence-electron chi connectivity index (χ4n) is 2.45. The van der Waals surface area contributed by atoms with Gasteiger partial charge in [0.2, 0.25) is 0 Å². The van der Waals surface area contributed by atoms with Gasteiger partial charge in [-0.3, -0.25) is 0 Å². The molecular weight excluding hydrogens is 264 g/mol. The molecule has 1 aromatic rings. The van der Waals surface area contributed by atoms with Crippen molar-refractivity contribution < 1.29 is 9.90 Å². The molecule has 2 amide bonds. The zero-order valence-electron chi connectivity index (χ0n) is 13.8. The largest absolute Gasteiger partial charge is 0.392 e. The van der Waals surface area contributed by atoms with Crippen LogP contribution in [-0.4, -0.2) is 35.7 Å². The molecule has 0 spiro atoms. The minimum Gasteiger partial charge on any atom is -0.392 e. The lowest BCUT2D eigenvalue weighted by molar-refractivity contribution is 0.142. The average molecular weight is 292 g/mol. The monoisotopic (exact) mass is 292 g/mol. The van der Waals surface area contributed by atoms with Crippen LogP contribution in [0, 0.1) is 12.8 Å². The third-order valence-corrected chi connectivity index (χ3v) is 3.45. The second kappa shape index (κ2) is 8.03. The molecule has 1 rings (SSSR count). The maximum absolute atomic E-state index is 12.3. The number of nitrogens with one attached hydrogen (secondary N) is 1. The van der Waals surface area contributed by atoms with Crippen LogP contribution in [0.3, 0.4) is 0 Å². The molecule has 0 saturated carbocycles. The Morgan fingerprint density at radius 1 is 1.29 bits per heavy atom. The summed E-state index contributed by atoms with van der Waals surface area (Å²) in [5.74, 6) is 0.483. The number of amides is 2. The number of hydrogen-bond acceptors (Lipinski definition) is 2. The number of benzene rings is 1. The van der Waals surface area contributed by atoms with E-state index in [0.29, 0.717) is 12.5 Å². The van der Waals surface area contributed by atoms with E-state index >= 15 is 0 Å². The van der Waals surface area contributed by atoms with E-state index in [9.17, 15) is 9.90 Å². The minimum atomic E-state index is -0.525. The van der Waals surface area contributed by atoms with E-state index in [0.717, 1.165) is 12.0 Å². The van der Waals surface area contributed by atoms with E-state index in [2.05, 4.69) is 38.2 Å². The Balaban J connectivity index is 2.84. The third kappa shape index (κ3) is 5.76. The molecule has 0 aliphatic rings. The Hall–Kier alpha value is -1.55. The van der Waals surface area contributed by atoms with Crippen molar-refractivity contribution in [1.82, 2.24) is 10.2 Å². The number of aliphatic hydroxyl groups is 1. The van der Waals surface area contributed by atoms with Crippen molar-refractivity contribution in [2.24, 2.45) is 5.92 Å². The lowest BCUT2D eigenvalue weighted by Crippen LogP contribution is -2.42. The number of carbonyl (C=O) groups excluding carboxylic acids is 1. The molecule has 0 aliphatic carbocycles. The maximum Gasteiger partial charge on any atom is 0.317 e. The summed E-state index contributed by atoms with van der Waals surface area (Å²) in [4.78, 5) is 13.8. The lowest BCUT2D eigenvalue weighted by atomic mass is 9.94. The van der Waals surface area contributed by atoms with Crippen molar-refractivity contribution in [2.75, 3.05) is 13.6 Å². The summed E-state index contributed by atoms with van der Waals surface area (Å²) >= 11 is 0. The summed E-state index contributed by atoms with van der Waals surface area (Å²) in [7, 11) is 1.70. The normalized spacial score (nSPS) is 13.9. The number of carbonyl (C=O) groups is 1. The molecule has 4 nitrogen and oxygen atoms in total. The Morgan fingerprint density at radius 2 is 1.90 bits per heavy atom. The van der Waals surface area contributed by atoms with E-state index < -0.39 is 6.10 Å². The molecule has 4 heteroatoms. The zero-order chi connectivity index (χ0) is 16.0. The highest BCUT2D eigenvalue weighted by Gasteiger charge is 2.20. The van der Waals surface area contributed by atoms with Gasteiger partial charge in [-0.2, -0.15) is 0 Å².